The van der Waals surface area contributed by atoms with Crippen molar-refractivity contribution in [1.29, 1.82) is 0 Å². The molecule has 9 heteroatoms. The molecule has 30 heavy (non-hydrogen) atoms. The molecule has 2 aromatic rings. The van der Waals surface area contributed by atoms with Crippen molar-refractivity contribution in [2.75, 3.05) is 18.4 Å². The standard InChI is InChI=1S/C21H19F3N2O4/c1-11(27)25-14-2-3-18(28)15(10-14)21(30)26-6-4-12(5-7-26)20(29)19-16(23)8-13(22)9-17(19)24/h2-3,8-10,12,28H,4-7H2,1H3,(H,25,27). The minimum Gasteiger partial charge on any atom is -0.507 e. The smallest absolute Gasteiger partial charge is 0.257 e. The molecule has 0 aliphatic carbocycles. The molecule has 0 atom stereocenters. The Hall–Kier alpha value is -3.36. The maximum atomic E-state index is 13.9. The number of rotatable bonds is 4. The molecule has 1 aliphatic heterocycles. The fourth-order valence-electron chi connectivity index (χ4n) is 3.49. The van der Waals surface area contributed by atoms with Gasteiger partial charge in [0, 0.05) is 43.8 Å². The van der Waals surface area contributed by atoms with E-state index in [1.807, 2.05) is 0 Å². The average molecular weight is 420 g/mol. The summed E-state index contributed by atoms with van der Waals surface area (Å²) in [4.78, 5) is 37.9. The van der Waals surface area contributed by atoms with Crippen LogP contribution in [0.5, 0.6) is 5.75 Å². The lowest BCUT2D eigenvalue weighted by atomic mass is 9.88. The fraction of sp³-hybridized carbons (Fsp3) is 0.286. The zero-order valence-corrected chi connectivity index (χ0v) is 16.0. The van der Waals surface area contributed by atoms with Crippen LogP contribution in [0.3, 0.4) is 0 Å². The summed E-state index contributed by atoms with van der Waals surface area (Å²) in [6.45, 7) is 1.57. The molecule has 1 aliphatic rings. The van der Waals surface area contributed by atoms with Gasteiger partial charge in [-0.3, -0.25) is 14.4 Å². The number of phenols is 1. The lowest BCUT2D eigenvalue weighted by Crippen LogP contribution is -2.40. The van der Waals surface area contributed by atoms with Gasteiger partial charge in [-0.2, -0.15) is 0 Å². The monoisotopic (exact) mass is 420 g/mol. The Bertz CT molecular complexity index is 994. The van der Waals surface area contributed by atoms with Crippen LogP contribution in [-0.2, 0) is 4.79 Å². The van der Waals surface area contributed by atoms with E-state index in [0.717, 1.165) is 0 Å². The van der Waals surface area contributed by atoms with Gasteiger partial charge in [-0.05, 0) is 31.0 Å². The van der Waals surface area contributed by atoms with E-state index < -0.39 is 40.6 Å². The third-order valence-electron chi connectivity index (χ3n) is 4.95. The summed E-state index contributed by atoms with van der Waals surface area (Å²) in [6.07, 6.45) is 0.319. The van der Waals surface area contributed by atoms with Gasteiger partial charge < -0.3 is 15.3 Å². The maximum absolute atomic E-state index is 13.9. The van der Waals surface area contributed by atoms with E-state index in [-0.39, 0.29) is 43.2 Å². The van der Waals surface area contributed by atoms with E-state index >= 15 is 0 Å². The van der Waals surface area contributed by atoms with Crippen LogP contribution in [0.25, 0.3) is 0 Å². The van der Waals surface area contributed by atoms with Crippen LogP contribution in [0.15, 0.2) is 30.3 Å². The highest BCUT2D eigenvalue weighted by atomic mass is 19.1. The lowest BCUT2D eigenvalue weighted by molar-refractivity contribution is -0.114. The van der Waals surface area contributed by atoms with Crippen LogP contribution < -0.4 is 5.32 Å². The summed E-state index contributed by atoms with van der Waals surface area (Å²) in [5.41, 5.74) is -0.445. The van der Waals surface area contributed by atoms with Crippen molar-refractivity contribution < 1.29 is 32.7 Å². The molecule has 0 spiro atoms. The predicted octanol–water partition coefficient (Wildman–Crippen LogP) is 3.50. The zero-order valence-electron chi connectivity index (χ0n) is 16.0. The first kappa shape index (κ1) is 21.4. The van der Waals surface area contributed by atoms with Gasteiger partial charge in [0.15, 0.2) is 5.78 Å². The number of carbonyl (C=O) groups is 3. The molecule has 0 aromatic heterocycles. The Kier molecular flexibility index (Phi) is 6.09. The molecule has 0 unspecified atom stereocenters. The minimum absolute atomic E-state index is 0.0124. The molecule has 2 N–H and O–H groups in total. The Balaban J connectivity index is 1.71. The third kappa shape index (κ3) is 4.45. The number of anilines is 1. The summed E-state index contributed by atoms with van der Waals surface area (Å²) in [5.74, 6) is -6.20. The average Bonchev–Trinajstić information content (AvgIpc) is 2.68. The number of likely N-dealkylation sites (tertiary alicyclic amines) is 1. The van der Waals surface area contributed by atoms with Gasteiger partial charge in [0.25, 0.3) is 5.91 Å². The first-order valence-corrected chi connectivity index (χ1v) is 9.26. The number of hydrogen-bond acceptors (Lipinski definition) is 4. The number of carbonyl (C=O) groups excluding carboxylic acids is 3. The number of ketones is 1. The third-order valence-corrected chi connectivity index (χ3v) is 4.95. The highest BCUT2D eigenvalue weighted by Gasteiger charge is 2.32. The number of piperidine rings is 1. The lowest BCUT2D eigenvalue weighted by Gasteiger charge is -2.31. The number of amides is 2. The Morgan fingerprint density at radius 1 is 1.03 bits per heavy atom. The molecule has 2 amide bonds. The number of phenolic OH excluding ortho intramolecular Hbond substituents is 1. The van der Waals surface area contributed by atoms with Gasteiger partial charge >= 0.3 is 0 Å². The number of halogens is 3. The highest BCUT2D eigenvalue weighted by Crippen LogP contribution is 2.28. The molecule has 3 rings (SSSR count). The largest absolute Gasteiger partial charge is 0.507 e. The molecule has 0 radical (unpaired) electrons. The number of nitrogens with one attached hydrogen (secondary N) is 1. The summed E-state index contributed by atoms with van der Waals surface area (Å²) < 4.78 is 40.9. The van der Waals surface area contributed by atoms with Gasteiger partial charge in [0.05, 0.1) is 11.1 Å². The van der Waals surface area contributed by atoms with Crippen LogP contribution in [0.1, 0.15) is 40.5 Å². The predicted molar refractivity (Wildman–Crippen MR) is 102 cm³/mol. The van der Waals surface area contributed by atoms with E-state index in [1.165, 1.54) is 30.0 Å². The van der Waals surface area contributed by atoms with Crippen LogP contribution in [0.2, 0.25) is 0 Å². The van der Waals surface area contributed by atoms with E-state index in [4.69, 9.17) is 0 Å². The second-order valence-corrected chi connectivity index (χ2v) is 7.09. The van der Waals surface area contributed by atoms with Gasteiger partial charge in [-0.15, -0.1) is 0 Å². The van der Waals surface area contributed by atoms with Gasteiger partial charge in [0.2, 0.25) is 5.91 Å². The number of Topliss-reactive ketones (excluding diaryl/α,β-unsaturated/α-hetero) is 1. The number of benzene rings is 2. The fourth-order valence-corrected chi connectivity index (χ4v) is 3.49. The molecule has 158 valence electrons. The second kappa shape index (κ2) is 8.56. The van der Waals surface area contributed by atoms with E-state index in [9.17, 15) is 32.7 Å². The Morgan fingerprint density at radius 2 is 1.63 bits per heavy atom. The topological polar surface area (TPSA) is 86.7 Å². The Labute approximate surface area is 170 Å². The van der Waals surface area contributed by atoms with Crippen molar-refractivity contribution in [1.82, 2.24) is 4.90 Å². The molecule has 1 heterocycles. The maximum Gasteiger partial charge on any atom is 0.257 e. The van der Waals surface area contributed by atoms with Gasteiger partial charge in [-0.1, -0.05) is 0 Å². The first-order valence-electron chi connectivity index (χ1n) is 9.26. The van der Waals surface area contributed by atoms with Crippen molar-refractivity contribution in [3.05, 3.63) is 58.9 Å². The molecule has 6 nitrogen and oxygen atoms in total. The summed E-state index contributed by atoms with van der Waals surface area (Å²) in [6, 6.07) is 5.00. The van der Waals surface area contributed by atoms with E-state index in [2.05, 4.69) is 5.32 Å². The van der Waals surface area contributed by atoms with Crippen LogP contribution in [0.4, 0.5) is 18.9 Å². The first-order chi connectivity index (χ1) is 14.2. The van der Waals surface area contributed by atoms with Crippen molar-refractivity contribution in [2.45, 2.75) is 19.8 Å². The van der Waals surface area contributed by atoms with Crippen LogP contribution in [0, 0.1) is 23.4 Å². The summed E-state index contributed by atoms with van der Waals surface area (Å²) >= 11 is 0. The molecular formula is C21H19F3N2O4. The number of nitrogens with zero attached hydrogens (tertiary/aromatic N) is 1. The van der Waals surface area contributed by atoms with Gasteiger partial charge in [-0.25, -0.2) is 13.2 Å². The molecule has 0 saturated carbocycles. The zero-order chi connectivity index (χ0) is 22.0. The molecule has 1 saturated heterocycles. The van der Waals surface area contributed by atoms with E-state index in [0.29, 0.717) is 17.8 Å². The van der Waals surface area contributed by atoms with Gasteiger partial charge in [0.1, 0.15) is 23.2 Å². The molecule has 1 fully saturated rings. The Morgan fingerprint density at radius 3 is 2.20 bits per heavy atom. The quantitative estimate of drug-likeness (QED) is 0.586. The summed E-state index contributed by atoms with van der Waals surface area (Å²) in [5, 5.41) is 12.5. The van der Waals surface area contributed by atoms with E-state index in [1.54, 1.807) is 0 Å². The SMILES string of the molecule is CC(=O)Nc1ccc(O)c(C(=O)N2CCC(C(=O)c3c(F)cc(F)cc3F)CC2)c1. The summed E-state index contributed by atoms with van der Waals surface area (Å²) in [7, 11) is 0. The van der Waals surface area contributed by atoms with Crippen molar-refractivity contribution >= 4 is 23.3 Å². The number of aromatic hydroxyl groups is 1. The van der Waals surface area contributed by atoms with Crippen LogP contribution >= 0.6 is 0 Å². The number of hydrogen-bond donors (Lipinski definition) is 2. The van der Waals surface area contributed by atoms with Crippen molar-refractivity contribution in [3.8, 4) is 5.75 Å². The second-order valence-electron chi connectivity index (χ2n) is 7.09. The highest BCUT2D eigenvalue weighted by molar-refractivity contribution is 6.00. The molecule has 2 aromatic carbocycles. The molecule has 0 bridgehead atoms. The molecular weight excluding hydrogens is 401 g/mol. The minimum atomic E-state index is -1.25. The van der Waals surface area contributed by atoms with Crippen molar-refractivity contribution in [2.24, 2.45) is 5.92 Å². The van der Waals surface area contributed by atoms with Crippen molar-refractivity contribution in [3.63, 3.8) is 0 Å². The normalized spacial score (nSPS) is 14.5. The van der Waals surface area contributed by atoms with Crippen LogP contribution in [-0.4, -0.2) is 40.7 Å².